The molecule has 0 aliphatic carbocycles. The largest absolute Gasteiger partial charge is 0.319 e. The number of aromatic nitrogens is 2. The second-order valence-corrected chi connectivity index (χ2v) is 10.6. The molecule has 0 atom stereocenters. The number of imidazole rings is 1. The zero-order valence-electron chi connectivity index (χ0n) is 21.3. The summed E-state index contributed by atoms with van der Waals surface area (Å²) in [5.41, 5.74) is 9.28. The highest BCUT2D eigenvalue weighted by molar-refractivity contribution is 8.14. The molecule has 0 spiro atoms. The topological polar surface area (TPSA) is 45.8 Å². The Balaban J connectivity index is 1.29. The van der Waals surface area contributed by atoms with Crippen molar-refractivity contribution in [2.75, 3.05) is 17.2 Å². The van der Waals surface area contributed by atoms with Crippen molar-refractivity contribution in [1.29, 1.82) is 0 Å². The van der Waals surface area contributed by atoms with Gasteiger partial charge in [-0.05, 0) is 73.5 Å². The van der Waals surface area contributed by atoms with Crippen LogP contribution in [0, 0.1) is 20.8 Å². The molecule has 0 radical (unpaired) electrons. The average molecular weight is 504 g/mol. The number of thioether (sulfide) groups is 1. The summed E-state index contributed by atoms with van der Waals surface area (Å²) < 4.78 is 2.14. The van der Waals surface area contributed by atoms with Gasteiger partial charge in [0, 0.05) is 29.1 Å². The molecule has 6 heteroatoms. The summed E-state index contributed by atoms with van der Waals surface area (Å²) in [6.45, 7) is 7.40. The molecule has 2 heterocycles. The first-order valence-electron chi connectivity index (χ1n) is 12.6. The van der Waals surface area contributed by atoms with Gasteiger partial charge in [-0.15, -0.1) is 5.10 Å². The van der Waals surface area contributed by atoms with Gasteiger partial charge < -0.3 is 4.90 Å². The standard InChI is InChI=1S/C31H29N5S/c1-21-8-12-26(13-9-21)36-20-32-29-27-14-10-24(18-25(27)11-15-28(29)36)19-33-34-31-35(16-5-17-37-31)30-22(2)6-4-7-23(30)3/h4,6-15,18-20H,5,16-17H2,1-3H3/b33-19+,34-31-. The van der Waals surface area contributed by atoms with Crippen LogP contribution in [0.1, 0.15) is 28.7 Å². The maximum absolute atomic E-state index is 4.75. The second kappa shape index (κ2) is 9.87. The fourth-order valence-electron chi connectivity index (χ4n) is 5.05. The number of hydrogen-bond acceptors (Lipinski definition) is 4. The Bertz CT molecular complexity index is 1640. The van der Waals surface area contributed by atoms with E-state index >= 15 is 0 Å². The molecule has 0 amide bonds. The van der Waals surface area contributed by atoms with E-state index in [9.17, 15) is 0 Å². The van der Waals surface area contributed by atoms with Crippen molar-refractivity contribution in [3.8, 4) is 5.69 Å². The summed E-state index contributed by atoms with van der Waals surface area (Å²) in [6, 6.07) is 25.7. The molecule has 1 fully saturated rings. The molecule has 5 aromatic rings. The molecule has 37 heavy (non-hydrogen) atoms. The molecule has 184 valence electrons. The summed E-state index contributed by atoms with van der Waals surface area (Å²) >= 11 is 1.78. The molecule has 1 aliphatic rings. The van der Waals surface area contributed by atoms with E-state index in [4.69, 9.17) is 4.98 Å². The van der Waals surface area contributed by atoms with Crippen LogP contribution in [0.15, 0.2) is 89.3 Å². The first kappa shape index (κ1) is 23.5. The summed E-state index contributed by atoms with van der Waals surface area (Å²) in [4.78, 5) is 7.07. The number of amidine groups is 1. The highest BCUT2D eigenvalue weighted by Gasteiger charge is 2.21. The smallest absolute Gasteiger partial charge is 0.190 e. The number of para-hydroxylation sites is 1. The van der Waals surface area contributed by atoms with Crippen LogP contribution in [-0.4, -0.2) is 33.2 Å². The lowest BCUT2D eigenvalue weighted by Crippen LogP contribution is -2.35. The third kappa shape index (κ3) is 4.53. The van der Waals surface area contributed by atoms with Crippen LogP contribution >= 0.6 is 11.8 Å². The number of aryl methyl sites for hydroxylation is 3. The van der Waals surface area contributed by atoms with Crippen LogP contribution in [-0.2, 0) is 0 Å². The highest BCUT2D eigenvalue weighted by atomic mass is 32.2. The quantitative estimate of drug-likeness (QED) is 0.189. The zero-order valence-corrected chi connectivity index (χ0v) is 22.2. The zero-order chi connectivity index (χ0) is 25.4. The van der Waals surface area contributed by atoms with Crippen molar-refractivity contribution in [3.63, 3.8) is 0 Å². The van der Waals surface area contributed by atoms with Crippen LogP contribution in [0.3, 0.4) is 0 Å². The van der Waals surface area contributed by atoms with Crippen molar-refractivity contribution in [1.82, 2.24) is 9.55 Å². The predicted octanol–water partition coefficient (Wildman–Crippen LogP) is 7.44. The van der Waals surface area contributed by atoms with Crippen molar-refractivity contribution in [3.05, 3.63) is 101 Å². The van der Waals surface area contributed by atoms with Crippen molar-refractivity contribution in [2.45, 2.75) is 27.2 Å². The minimum Gasteiger partial charge on any atom is -0.319 e. The number of rotatable bonds is 4. The van der Waals surface area contributed by atoms with Crippen LogP contribution < -0.4 is 4.90 Å². The molecule has 0 unspecified atom stereocenters. The second-order valence-electron chi connectivity index (χ2n) is 9.59. The van der Waals surface area contributed by atoms with Crippen LogP contribution in [0.2, 0.25) is 0 Å². The Morgan fingerprint density at radius 3 is 2.54 bits per heavy atom. The van der Waals surface area contributed by atoms with Gasteiger partial charge in [-0.25, -0.2) is 4.98 Å². The summed E-state index contributed by atoms with van der Waals surface area (Å²) in [5.74, 6) is 1.07. The number of nitrogens with zero attached hydrogens (tertiary/aromatic N) is 5. The van der Waals surface area contributed by atoms with Gasteiger partial charge >= 0.3 is 0 Å². The molecule has 6 rings (SSSR count). The first-order valence-corrected chi connectivity index (χ1v) is 13.6. The fraction of sp³-hybridized carbons (Fsp3) is 0.194. The highest BCUT2D eigenvalue weighted by Crippen LogP contribution is 2.31. The molecule has 0 bridgehead atoms. The van der Waals surface area contributed by atoms with E-state index in [-0.39, 0.29) is 0 Å². The van der Waals surface area contributed by atoms with Gasteiger partial charge in [-0.3, -0.25) is 4.57 Å². The van der Waals surface area contributed by atoms with E-state index in [0.717, 1.165) is 56.9 Å². The third-order valence-electron chi connectivity index (χ3n) is 6.92. The van der Waals surface area contributed by atoms with E-state index in [2.05, 4.69) is 113 Å². The van der Waals surface area contributed by atoms with E-state index in [1.165, 1.54) is 22.4 Å². The van der Waals surface area contributed by atoms with Gasteiger partial charge in [-0.2, -0.15) is 5.10 Å². The van der Waals surface area contributed by atoms with Crippen LogP contribution in [0.5, 0.6) is 0 Å². The molecule has 1 saturated heterocycles. The van der Waals surface area contributed by atoms with E-state index in [0.29, 0.717) is 0 Å². The van der Waals surface area contributed by atoms with E-state index in [1.807, 2.05) is 12.5 Å². The minimum absolute atomic E-state index is 0.962. The third-order valence-corrected chi connectivity index (χ3v) is 7.97. The lowest BCUT2D eigenvalue weighted by molar-refractivity contribution is 0.896. The number of benzene rings is 4. The maximum Gasteiger partial charge on any atom is 0.190 e. The van der Waals surface area contributed by atoms with Gasteiger partial charge in [0.15, 0.2) is 5.17 Å². The maximum atomic E-state index is 4.75. The molecule has 1 aliphatic heterocycles. The molecular formula is C31H29N5S. The van der Waals surface area contributed by atoms with E-state index in [1.54, 1.807) is 11.8 Å². The van der Waals surface area contributed by atoms with Gasteiger partial charge in [0.05, 0.1) is 17.2 Å². The first-order chi connectivity index (χ1) is 18.1. The molecular weight excluding hydrogens is 474 g/mol. The predicted molar refractivity (Wildman–Crippen MR) is 159 cm³/mol. The van der Waals surface area contributed by atoms with Gasteiger partial charge in [0.25, 0.3) is 0 Å². The van der Waals surface area contributed by atoms with Crippen molar-refractivity contribution < 1.29 is 0 Å². The van der Waals surface area contributed by atoms with Crippen molar-refractivity contribution >= 4 is 50.6 Å². The monoisotopic (exact) mass is 503 g/mol. The number of anilines is 1. The van der Waals surface area contributed by atoms with E-state index < -0.39 is 0 Å². The lowest BCUT2D eigenvalue weighted by Gasteiger charge is -2.31. The Morgan fingerprint density at radius 2 is 1.73 bits per heavy atom. The fourth-order valence-corrected chi connectivity index (χ4v) is 5.95. The molecule has 0 saturated carbocycles. The average Bonchev–Trinajstić information content (AvgIpc) is 3.34. The number of hydrogen-bond donors (Lipinski definition) is 0. The normalized spacial score (nSPS) is 15.4. The Kier molecular flexibility index (Phi) is 6.26. The summed E-state index contributed by atoms with van der Waals surface area (Å²) in [5, 5.41) is 12.4. The van der Waals surface area contributed by atoms with Gasteiger partial charge in [0.2, 0.25) is 0 Å². The minimum atomic E-state index is 0.962. The van der Waals surface area contributed by atoms with Gasteiger partial charge in [-0.1, -0.05) is 65.9 Å². The SMILES string of the molecule is Cc1ccc(-n2cnc3c4ccc(/C=N/N=C5\SCCCN5c5c(C)cccc5C)cc4ccc32)cc1. The molecule has 4 aromatic carbocycles. The van der Waals surface area contributed by atoms with Gasteiger partial charge in [0.1, 0.15) is 6.33 Å². The Labute approximate surface area is 221 Å². The Morgan fingerprint density at radius 1 is 0.919 bits per heavy atom. The number of fused-ring (bicyclic) bond motifs is 3. The van der Waals surface area contributed by atoms with Crippen LogP contribution in [0.4, 0.5) is 5.69 Å². The van der Waals surface area contributed by atoms with Crippen LogP contribution in [0.25, 0.3) is 27.5 Å². The summed E-state index contributed by atoms with van der Waals surface area (Å²) in [6.07, 6.45) is 4.89. The molecule has 1 aromatic heterocycles. The lowest BCUT2D eigenvalue weighted by atomic mass is 10.1. The van der Waals surface area contributed by atoms with Crippen molar-refractivity contribution in [2.24, 2.45) is 10.2 Å². The molecule has 5 nitrogen and oxygen atoms in total. The Hall–Kier alpha value is -3.90. The molecule has 0 N–H and O–H groups in total. The summed E-state index contributed by atoms with van der Waals surface area (Å²) in [7, 11) is 0.